The molecule has 0 radical (unpaired) electrons. The fourth-order valence-corrected chi connectivity index (χ4v) is 1.53. The van der Waals surface area contributed by atoms with E-state index in [1.807, 2.05) is 44.3 Å². The van der Waals surface area contributed by atoms with Crippen LogP contribution in [0.5, 0.6) is 11.5 Å². The predicted octanol–water partition coefficient (Wildman–Crippen LogP) is 2.72. The number of hydrogen-bond acceptors (Lipinski definition) is 3. The van der Waals surface area contributed by atoms with E-state index in [0.29, 0.717) is 6.61 Å². The molecule has 1 aromatic carbocycles. The topological polar surface area (TPSA) is 30.5 Å². The molecule has 0 bridgehead atoms. The molecule has 0 aliphatic carbocycles. The molecule has 0 fully saturated rings. The summed E-state index contributed by atoms with van der Waals surface area (Å²) < 4.78 is 11.0. The van der Waals surface area contributed by atoms with E-state index in [-0.39, 0.29) is 0 Å². The van der Waals surface area contributed by atoms with E-state index in [9.17, 15) is 0 Å². The summed E-state index contributed by atoms with van der Waals surface area (Å²) in [7, 11) is 3.60. The molecule has 0 aliphatic rings. The molecule has 0 aromatic heterocycles. The first-order valence-electron chi connectivity index (χ1n) is 5.90. The van der Waals surface area contributed by atoms with Gasteiger partial charge in [-0.3, -0.25) is 0 Å². The molecule has 0 unspecified atom stereocenters. The van der Waals surface area contributed by atoms with Crippen LogP contribution in [0.1, 0.15) is 18.9 Å². The second-order valence-corrected chi connectivity index (χ2v) is 3.72. The Hall–Kier alpha value is -1.48. The summed E-state index contributed by atoms with van der Waals surface area (Å²) in [6, 6.07) is 5.96. The molecule has 0 amide bonds. The van der Waals surface area contributed by atoms with Gasteiger partial charge in [0.1, 0.15) is 0 Å². The van der Waals surface area contributed by atoms with Gasteiger partial charge < -0.3 is 14.8 Å². The van der Waals surface area contributed by atoms with Gasteiger partial charge in [-0.05, 0) is 44.6 Å². The van der Waals surface area contributed by atoms with Gasteiger partial charge in [0.05, 0.1) is 13.7 Å². The second kappa shape index (κ2) is 7.74. The highest BCUT2D eigenvalue weighted by Gasteiger charge is 2.04. The van der Waals surface area contributed by atoms with Gasteiger partial charge in [-0.2, -0.15) is 0 Å². The highest BCUT2D eigenvalue weighted by Crippen LogP contribution is 2.28. The largest absolute Gasteiger partial charge is 0.493 e. The Kier molecular flexibility index (Phi) is 6.18. The molecule has 0 saturated carbocycles. The molecule has 1 N–H and O–H groups in total. The van der Waals surface area contributed by atoms with Gasteiger partial charge in [0, 0.05) is 0 Å². The Labute approximate surface area is 103 Å². The summed E-state index contributed by atoms with van der Waals surface area (Å²) in [6.07, 6.45) is 5.02. The van der Waals surface area contributed by atoms with Gasteiger partial charge in [0.15, 0.2) is 11.5 Å². The fourth-order valence-electron chi connectivity index (χ4n) is 1.53. The van der Waals surface area contributed by atoms with Crippen molar-refractivity contribution in [1.29, 1.82) is 0 Å². The van der Waals surface area contributed by atoms with Gasteiger partial charge in [0.2, 0.25) is 0 Å². The number of rotatable bonds is 7. The standard InChI is InChI=1S/C14H21NO2/c1-4-6-12-7-8-13(14(11-12)16-3)17-10-5-9-15-2/h4,6-8,11,15H,5,9-10H2,1-3H3/b6-4+. The molecule has 0 heterocycles. The van der Waals surface area contributed by atoms with Gasteiger partial charge in [-0.15, -0.1) is 0 Å². The summed E-state index contributed by atoms with van der Waals surface area (Å²) in [6.45, 7) is 3.65. The molecule has 0 atom stereocenters. The summed E-state index contributed by atoms with van der Waals surface area (Å²) in [5, 5.41) is 3.09. The fraction of sp³-hybridized carbons (Fsp3) is 0.429. The summed E-state index contributed by atoms with van der Waals surface area (Å²) >= 11 is 0. The molecule has 1 aromatic rings. The lowest BCUT2D eigenvalue weighted by Gasteiger charge is -2.11. The van der Waals surface area contributed by atoms with Gasteiger partial charge in [0.25, 0.3) is 0 Å². The zero-order valence-corrected chi connectivity index (χ0v) is 10.8. The van der Waals surface area contributed by atoms with Crippen molar-refractivity contribution < 1.29 is 9.47 Å². The quantitative estimate of drug-likeness (QED) is 0.737. The van der Waals surface area contributed by atoms with Crippen molar-refractivity contribution in [2.24, 2.45) is 0 Å². The van der Waals surface area contributed by atoms with Crippen molar-refractivity contribution in [3.05, 3.63) is 29.8 Å². The average Bonchev–Trinajstić information content (AvgIpc) is 2.36. The van der Waals surface area contributed by atoms with E-state index < -0.39 is 0 Å². The smallest absolute Gasteiger partial charge is 0.161 e. The minimum absolute atomic E-state index is 0.695. The summed E-state index contributed by atoms with van der Waals surface area (Å²) in [5.41, 5.74) is 1.12. The molecule has 0 saturated heterocycles. The maximum absolute atomic E-state index is 5.67. The van der Waals surface area contributed by atoms with Crippen LogP contribution in [0.3, 0.4) is 0 Å². The Morgan fingerprint density at radius 2 is 2.12 bits per heavy atom. The lowest BCUT2D eigenvalue weighted by Crippen LogP contribution is -2.11. The molecule has 3 heteroatoms. The van der Waals surface area contributed by atoms with Crippen LogP contribution < -0.4 is 14.8 Å². The van der Waals surface area contributed by atoms with Gasteiger partial charge in [-0.1, -0.05) is 18.2 Å². The lowest BCUT2D eigenvalue weighted by atomic mass is 10.2. The van der Waals surface area contributed by atoms with E-state index in [4.69, 9.17) is 9.47 Å². The predicted molar refractivity (Wildman–Crippen MR) is 71.7 cm³/mol. The first-order chi connectivity index (χ1) is 8.31. The van der Waals surface area contributed by atoms with Crippen LogP contribution in [-0.4, -0.2) is 27.3 Å². The van der Waals surface area contributed by atoms with E-state index in [2.05, 4.69) is 5.32 Å². The normalized spacial score (nSPS) is 10.8. The van der Waals surface area contributed by atoms with Crippen LogP contribution in [0, 0.1) is 0 Å². The minimum atomic E-state index is 0.695. The van der Waals surface area contributed by atoms with Crippen molar-refractivity contribution in [2.75, 3.05) is 27.3 Å². The third kappa shape index (κ3) is 4.49. The molecular formula is C14H21NO2. The van der Waals surface area contributed by atoms with Gasteiger partial charge >= 0.3 is 0 Å². The van der Waals surface area contributed by atoms with Crippen LogP contribution in [0.15, 0.2) is 24.3 Å². The van der Waals surface area contributed by atoms with Crippen molar-refractivity contribution in [1.82, 2.24) is 5.32 Å². The number of ether oxygens (including phenoxy) is 2. The van der Waals surface area contributed by atoms with E-state index in [1.165, 1.54) is 0 Å². The molecule has 1 rings (SSSR count). The maximum atomic E-state index is 5.67. The molecular weight excluding hydrogens is 214 g/mol. The third-order valence-electron chi connectivity index (χ3n) is 2.38. The van der Waals surface area contributed by atoms with Crippen molar-refractivity contribution >= 4 is 6.08 Å². The number of methoxy groups -OCH3 is 1. The highest BCUT2D eigenvalue weighted by molar-refractivity contribution is 5.55. The Morgan fingerprint density at radius 1 is 1.29 bits per heavy atom. The average molecular weight is 235 g/mol. The summed E-state index contributed by atoms with van der Waals surface area (Å²) in [4.78, 5) is 0. The first-order valence-corrected chi connectivity index (χ1v) is 5.90. The van der Waals surface area contributed by atoms with Crippen LogP contribution in [0.4, 0.5) is 0 Å². The first kappa shape index (κ1) is 13.6. The molecule has 0 aliphatic heterocycles. The van der Waals surface area contributed by atoms with Crippen LogP contribution in [-0.2, 0) is 0 Å². The van der Waals surface area contributed by atoms with E-state index in [0.717, 1.165) is 30.0 Å². The number of nitrogens with one attached hydrogen (secondary N) is 1. The van der Waals surface area contributed by atoms with Crippen molar-refractivity contribution in [3.8, 4) is 11.5 Å². The van der Waals surface area contributed by atoms with Crippen LogP contribution in [0.25, 0.3) is 6.08 Å². The van der Waals surface area contributed by atoms with E-state index in [1.54, 1.807) is 7.11 Å². The lowest BCUT2D eigenvalue weighted by molar-refractivity contribution is 0.288. The zero-order chi connectivity index (χ0) is 12.5. The number of allylic oxidation sites excluding steroid dienone is 1. The maximum Gasteiger partial charge on any atom is 0.161 e. The van der Waals surface area contributed by atoms with Crippen molar-refractivity contribution in [2.45, 2.75) is 13.3 Å². The van der Waals surface area contributed by atoms with E-state index >= 15 is 0 Å². The monoisotopic (exact) mass is 235 g/mol. The molecule has 17 heavy (non-hydrogen) atoms. The van der Waals surface area contributed by atoms with Gasteiger partial charge in [-0.25, -0.2) is 0 Å². The third-order valence-corrected chi connectivity index (χ3v) is 2.38. The zero-order valence-electron chi connectivity index (χ0n) is 10.8. The van der Waals surface area contributed by atoms with Crippen molar-refractivity contribution in [3.63, 3.8) is 0 Å². The Morgan fingerprint density at radius 3 is 2.76 bits per heavy atom. The highest BCUT2D eigenvalue weighted by atomic mass is 16.5. The molecule has 3 nitrogen and oxygen atoms in total. The Bertz CT molecular complexity index is 361. The number of hydrogen-bond donors (Lipinski definition) is 1. The Balaban J connectivity index is 2.64. The summed E-state index contributed by atoms with van der Waals surface area (Å²) in [5.74, 6) is 1.59. The van der Waals surface area contributed by atoms with Crippen LogP contribution in [0.2, 0.25) is 0 Å². The second-order valence-electron chi connectivity index (χ2n) is 3.72. The number of benzene rings is 1. The SMILES string of the molecule is C/C=C/c1ccc(OCCCNC)c(OC)c1. The minimum Gasteiger partial charge on any atom is -0.493 e. The van der Waals surface area contributed by atoms with Crippen LogP contribution >= 0.6 is 0 Å². The molecule has 0 spiro atoms. The molecule has 94 valence electrons.